The number of carbonyl (C=O) groups is 2. The molecule has 6 heteroatoms. The van der Waals surface area contributed by atoms with Crippen LogP contribution in [0.15, 0.2) is 42.6 Å². The van der Waals surface area contributed by atoms with E-state index in [0.717, 1.165) is 24.2 Å². The number of rotatable bonds is 4. The molecule has 24 heavy (non-hydrogen) atoms. The van der Waals surface area contributed by atoms with Gasteiger partial charge in [0.1, 0.15) is 11.4 Å². The molecule has 6 nitrogen and oxygen atoms in total. The number of methoxy groups -OCH3 is 1. The number of aromatic carboxylic acids is 1. The van der Waals surface area contributed by atoms with Gasteiger partial charge in [0.05, 0.1) is 13.2 Å². The van der Waals surface area contributed by atoms with E-state index in [9.17, 15) is 9.59 Å². The lowest BCUT2D eigenvalue weighted by Crippen LogP contribution is -2.30. The summed E-state index contributed by atoms with van der Waals surface area (Å²) < 4.78 is 5.17. The van der Waals surface area contributed by atoms with Crippen molar-refractivity contribution in [2.75, 3.05) is 13.7 Å². The van der Waals surface area contributed by atoms with Gasteiger partial charge in [0.2, 0.25) is 0 Å². The summed E-state index contributed by atoms with van der Waals surface area (Å²) in [6.45, 7) is 0.653. The summed E-state index contributed by atoms with van der Waals surface area (Å²) in [6.07, 6.45) is 3.16. The van der Waals surface area contributed by atoms with Crippen molar-refractivity contribution in [2.24, 2.45) is 0 Å². The number of carboxylic acids is 1. The van der Waals surface area contributed by atoms with E-state index in [4.69, 9.17) is 9.84 Å². The molecule has 1 aliphatic heterocycles. The minimum Gasteiger partial charge on any atom is -0.497 e. The Morgan fingerprint density at radius 2 is 2.00 bits per heavy atom. The summed E-state index contributed by atoms with van der Waals surface area (Å²) in [7, 11) is 1.61. The van der Waals surface area contributed by atoms with Crippen LogP contribution in [-0.2, 0) is 0 Å². The molecule has 124 valence electrons. The van der Waals surface area contributed by atoms with E-state index in [2.05, 4.69) is 4.98 Å². The van der Waals surface area contributed by atoms with Gasteiger partial charge in [-0.1, -0.05) is 12.1 Å². The average molecular weight is 326 g/mol. The van der Waals surface area contributed by atoms with E-state index in [0.29, 0.717) is 12.1 Å². The Kier molecular flexibility index (Phi) is 4.46. The van der Waals surface area contributed by atoms with Gasteiger partial charge in [-0.05, 0) is 42.7 Å². The second-order valence-corrected chi connectivity index (χ2v) is 5.66. The Bertz CT molecular complexity index is 758. The fourth-order valence-corrected chi connectivity index (χ4v) is 3.03. The van der Waals surface area contributed by atoms with Crippen LogP contribution in [-0.4, -0.2) is 40.5 Å². The van der Waals surface area contributed by atoms with Crippen LogP contribution < -0.4 is 4.74 Å². The highest BCUT2D eigenvalue weighted by atomic mass is 16.5. The van der Waals surface area contributed by atoms with Gasteiger partial charge in [-0.25, -0.2) is 9.78 Å². The van der Waals surface area contributed by atoms with Crippen molar-refractivity contribution in [1.29, 1.82) is 0 Å². The Morgan fingerprint density at radius 3 is 2.67 bits per heavy atom. The SMILES string of the molecule is COc1ccc(C2CCCN2C(=O)c2ccnc(C(=O)O)c2)cc1. The van der Waals surface area contributed by atoms with Gasteiger partial charge in [-0.15, -0.1) is 0 Å². The summed E-state index contributed by atoms with van der Waals surface area (Å²) in [5.41, 5.74) is 1.28. The molecule has 2 heterocycles. The number of pyridine rings is 1. The lowest BCUT2D eigenvalue weighted by molar-refractivity contribution is 0.0690. The Balaban J connectivity index is 1.85. The highest BCUT2D eigenvalue weighted by molar-refractivity contribution is 5.97. The molecule has 1 aliphatic rings. The highest BCUT2D eigenvalue weighted by Gasteiger charge is 2.30. The third kappa shape index (κ3) is 3.08. The zero-order chi connectivity index (χ0) is 17.1. The number of amides is 1. The van der Waals surface area contributed by atoms with Crippen LogP contribution in [0.1, 0.15) is 45.3 Å². The van der Waals surface area contributed by atoms with Gasteiger partial charge in [-0.2, -0.15) is 0 Å². The van der Waals surface area contributed by atoms with Gasteiger partial charge in [0.25, 0.3) is 5.91 Å². The van der Waals surface area contributed by atoms with E-state index in [1.807, 2.05) is 24.3 Å². The van der Waals surface area contributed by atoms with Crippen molar-refractivity contribution in [1.82, 2.24) is 9.88 Å². The molecular weight excluding hydrogens is 308 g/mol. The van der Waals surface area contributed by atoms with Crippen molar-refractivity contribution in [2.45, 2.75) is 18.9 Å². The first-order valence-corrected chi connectivity index (χ1v) is 7.74. The summed E-state index contributed by atoms with van der Waals surface area (Å²) in [5.74, 6) is -0.536. The van der Waals surface area contributed by atoms with E-state index in [1.165, 1.54) is 12.3 Å². The monoisotopic (exact) mass is 326 g/mol. The number of likely N-dealkylation sites (tertiary alicyclic amines) is 1. The largest absolute Gasteiger partial charge is 0.497 e. The summed E-state index contributed by atoms with van der Waals surface area (Å²) in [5, 5.41) is 9.04. The fourth-order valence-electron chi connectivity index (χ4n) is 3.03. The second-order valence-electron chi connectivity index (χ2n) is 5.66. The number of hydrogen-bond donors (Lipinski definition) is 1. The molecule has 1 N–H and O–H groups in total. The van der Waals surface area contributed by atoms with Gasteiger partial charge >= 0.3 is 5.97 Å². The Morgan fingerprint density at radius 1 is 1.25 bits per heavy atom. The van der Waals surface area contributed by atoms with E-state index < -0.39 is 5.97 Å². The topological polar surface area (TPSA) is 79.7 Å². The molecule has 2 aromatic rings. The van der Waals surface area contributed by atoms with E-state index in [-0.39, 0.29) is 17.6 Å². The smallest absolute Gasteiger partial charge is 0.354 e. The quantitative estimate of drug-likeness (QED) is 0.934. The molecule has 1 aromatic carbocycles. The first-order valence-electron chi connectivity index (χ1n) is 7.74. The first-order chi connectivity index (χ1) is 11.6. The minimum absolute atomic E-state index is 0.00940. The number of ether oxygens (including phenoxy) is 1. The maximum absolute atomic E-state index is 12.8. The van der Waals surface area contributed by atoms with Crippen LogP contribution in [0, 0.1) is 0 Å². The number of nitrogens with zero attached hydrogens (tertiary/aromatic N) is 2. The molecule has 0 radical (unpaired) electrons. The molecule has 1 saturated heterocycles. The molecular formula is C18H18N2O4. The van der Waals surface area contributed by atoms with Crippen LogP contribution in [0.4, 0.5) is 0 Å². The molecule has 3 rings (SSSR count). The van der Waals surface area contributed by atoms with Gasteiger partial charge < -0.3 is 14.7 Å². The van der Waals surface area contributed by atoms with Crippen molar-refractivity contribution in [3.05, 3.63) is 59.4 Å². The van der Waals surface area contributed by atoms with Crippen LogP contribution in [0.5, 0.6) is 5.75 Å². The first kappa shape index (κ1) is 16.0. The van der Waals surface area contributed by atoms with Gasteiger partial charge in [0, 0.05) is 18.3 Å². The van der Waals surface area contributed by atoms with Crippen molar-refractivity contribution in [3.63, 3.8) is 0 Å². The summed E-state index contributed by atoms with van der Waals surface area (Å²) in [6, 6.07) is 10.6. The van der Waals surface area contributed by atoms with E-state index in [1.54, 1.807) is 18.1 Å². The molecule has 1 aromatic heterocycles. The van der Waals surface area contributed by atoms with Crippen molar-refractivity contribution in [3.8, 4) is 5.75 Å². The van der Waals surface area contributed by atoms with Crippen molar-refractivity contribution < 1.29 is 19.4 Å². The Labute approximate surface area is 139 Å². The molecule has 0 aliphatic carbocycles. The summed E-state index contributed by atoms with van der Waals surface area (Å²) in [4.78, 5) is 29.4. The molecule has 1 fully saturated rings. The van der Waals surface area contributed by atoms with Crippen LogP contribution >= 0.6 is 0 Å². The second kappa shape index (κ2) is 6.70. The fraction of sp³-hybridized carbons (Fsp3) is 0.278. The zero-order valence-electron chi connectivity index (χ0n) is 13.3. The predicted molar refractivity (Wildman–Crippen MR) is 87.2 cm³/mol. The van der Waals surface area contributed by atoms with E-state index >= 15 is 0 Å². The summed E-state index contributed by atoms with van der Waals surface area (Å²) >= 11 is 0. The average Bonchev–Trinajstić information content (AvgIpc) is 3.11. The minimum atomic E-state index is -1.14. The maximum atomic E-state index is 12.8. The molecule has 0 spiro atoms. The number of benzene rings is 1. The molecule has 1 atom stereocenters. The highest BCUT2D eigenvalue weighted by Crippen LogP contribution is 2.33. The normalized spacial score (nSPS) is 16.9. The van der Waals surface area contributed by atoms with Crippen molar-refractivity contribution >= 4 is 11.9 Å². The lowest BCUT2D eigenvalue weighted by atomic mass is 10.0. The molecule has 0 saturated carbocycles. The van der Waals surface area contributed by atoms with Crippen LogP contribution in [0.2, 0.25) is 0 Å². The molecule has 1 amide bonds. The van der Waals surface area contributed by atoms with Gasteiger partial charge in [0.15, 0.2) is 0 Å². The standard InChI is InChI=1S/C18H18N2O4/c1-24-14-6-4-12(5-7-14)16-3-2-10-20(16)17(21)13-8-9-19-15(11-13)18(22)23/h4-9,11,16H,2-3,10H2,1H3,(H,22,23). The Hall–Kier alpha value is -2.89. The predicted octanol–water partition coefficient (Wildman–Crippen LogP) is 2.77. The van der Waals surface area contributed by atoms with Gasteiger partial charge in [-0.3, -0.25) is 4.79 Å². The van der Waals surface area contributed by atoms with Crippen LogP contribution in [0.3, 0.4) is 0 Å². The third-order valence-corrected chi connectivity index (χ3v) is 4.24. The zero-order valence-corrected chi connectivity index (χ0v) is 13.3. The maximum Gasteiger partial charge on any atom is 0.354 e. The van der Waals surface area contributed by atoms with Crippen LogP contribution in [0.25, 0.3) is 0 Å². The number of aromatic nitrogens is 1. The molecule has 0 bridgehead atoms. The lowest BCUT2D eigenvalue weighted by Gasteiger charge is -2.25. The number of carbonyl (C=O) groups excluding carboxylic acids is 1. The molecule has 1 unspecified atom stereocenters. The third-order valence-electron chi connectivity index (χ3n) is 4.24. The number of carboxylic acid groups (broad SMARTS) is 1. The number of hydrogen-bond acceptors (Lipinski definition) is 4.